The third-order valence-electron chi connectivity index (χ3n) is 8.66. The lowest BCUT2D eigenvalue weighted by molar-refractivity contribution is -0.135. The van der Waals surface area contributed by atoms with E-state index < -0.39 is 5.60 Å². The van der Waals surface area contributed by atoms with Gasteiger partial charge in [0.05, 0.1) is 10.6 Å². The SMILES string of the molecule is CC(C)[C@@H](CNC(=O)c1ccc(N2C3CCC2CC(NC(=O)C(C)(C)Oc2ccc(Cl)cc2Cl)C3)nc1)c1ccccc1. The highest BCUT2D eigenvalue weighted by molar-refractivity contribution is 6.35. The van der Waals surface area contributed by atoms with Crippen molar-refractivity contribution in [1.29, 1.82) is 0 Å². The maximum Gasteiger partial charge on any atom is 0.263 e. The highest BCUT2D eigenvalue weighted by Crippen LogP contribution is 2.39. The minimum atomic E-state index is -1.11. The van der Waals surface area contributed by atoms with Crippen LogP contribution in [0.25, 0.3) is 0 Å². The molecule has 2 aliphatic heterocycles. The molecule has 0 radical (unpaired) electrons. The van der Waals surface area contributed by atoms with Gasteiger partial charge in [0.25, 0.3) is 11.8 Å². The zero-order valence-corrected chi connectivity index (χ0v) is 26.7. The molecule has 228 valence electrons. The number of nitrogens with zero attached hydrogens (tertiary/aromatic N) is 2. The monoisotopic (exact) mass is 622 g/mol. The van der Waals surface area contributed by atoms with Crippen LogP contribution in [0.1, 0.15) is 75.2 Å². The van der Waals surface area contributed by atoms with Gasteiger partial charge in [-0.3, -0.25) is 9.59 Å². The molecule has 3 heterocycles. The Morgan fingerprint density at radius 2 is 1.72 bits per heavy atom. The average Bonchev–Trinajstić information content (AvgIpc) is 3.24. The quantitative estimate of drug-likeness (QED) is 0.253. The Hall–Kier alpha value is -3.29. The van der Waals surface area contributed by atoms with Gasteiger partial charge in [0.1, 0.15) is 11.6 Å². The van der Waals surface area contributed by atoms with Crippen LogP contribution in [0.5, 0.6) is 5.75 Å². The molecule has 0 aliphatic carbocycles. The molecule has 2 aliphatic rings. The van der Waals surface area contributed by atoms with Gasteiger partial charge in [0, 0.05) is 41.8 Å². The zero-order valence-electron chi connectivity index (χ0n) is 25.1. The molecule has 0 spiro atoms. The van der Waals surface area contributed by atoms with Crippen molar-refractivity contribution >= 4 is 40.8 Å². The Bertz CT molecular complexity index is 1420. The Balaban J connectivity index is 1.16. The molecule has 2 fully saturated rings. The van der Waals surface area contributed by atoms with Crippen LogP contribution in [-0.2, 0) is 4.79 Å². The molecule has 9 heteroatoms. The number of carbonyl (C=O) groups is 2. The number of ether oxygens (including phenoxy) is 1. The van der Waals surface area contributed by atoms with Crippen molar-refractivity contribution in [2.75, 3.05) is 11.4 Å². The molecule has 3 aromatic rings. The van der Waals surface area contributed by atoms with E-state index >= 15 is 0 Å². The molecular formula is C34H40Cl2N4O3. The molecule has 1 aromatic heterocycles. The van der Waals surface area contributed by atoms with Gasteiger partial charge >= 0.3 is 0 Å². The summed E-state index contributed by atoms with van der Waals surface area (Å²) in [4.78, 5) is 33.3. The van der Waals surface area contributed by atoms with Crippen LogP contribution in [0.4, 0.5) is 5.82 Å². The first-order chi connectivity index (χ1) is 20.5. The van der Waals surface area contributed by atoms with E-state index in [1.54, 1.807) is 38.2 Å². The van der Waals surface area contributed by atoms with Crippen molar-refractivity contribution in [2.45, 2.75) is 83.0 Å². The van der Waals surface area contributed by atoms with Crippen molar-refractivity contribution in [3.8, 4) is 5.75 Å². The van der Waals surface area contributed by atoms with Gasteiger partial charge in [0.15, 0.2) is 5.60 Å². The lowest BCUT2D eigenvalue weighted by Gasteiger charge is -2.40. The zero-order chi connectivity index (χ0) is 30.7. The van der Waals surface area contributed by atoms with Gasteiger partial charge in [-0.1, -0.05) is 67.4 Å². The third kappa shape index (κ3) is 7.27. The van der Waals surface area contributed by atoms with Crippen molar-refractivity contribution in [1.82, 2.24) is 15.6 Å². The summed E-state index contributed by atoms with van der Waals surface area (Å²) in [7, 11) is 0. The minimum absolute atomic E-state index is 0.0355. The van der Waals surface area contributed by atoms with Gasteiger partial charge < -0.3 is 20.3 Å². The van der Waals surface area contributed by atoms with Crippen LogP contribution in [0.15, 0.2) is 66.9 Å². The molecule has 2 unspecified atom stereocenters. The number of hydrogen-bond acceptors (Lipinski definition) is 5. The van der Waals surface area contributed by atoms with Crippen molar-refractivity contribution in [2.24, 2.45) is 5.92 Å². The van der Waals surface area contributed by atoms with E-state index in [1.165, 1.54) is 5.56 Å². The number of carbonyl (C=O) groups excluding carboxylic acids is 2. The minimum Gasteiger partial charge on any atom is -0.476 e. The second kappa shape index (κ2) is 13.1. The summed E-state index contributed by atoms with van der Waals surface area (Å²) in [6, 6.07) is 19.6. The van der Waals surface area contributed by atoms with E-state index in [2.05, 4.69) is 41.5 Å². The summed E-state index contributed by atoms with van der Waals surface area (Å²) < 4.78 is 5.99. The first-order valence-electron chi connectivity index (χ1n) is 15.0. The second-order valence-electron chi connectivity index (χ2n) is 12.5. The lowest BCUT2D eigenvalue weighted by atomic mass is 9.88. The molecule has 7 nitrogen and oxygen atoms in total. The van der Waals surface area contributed by atoms with E-state index in [-0.39, 0.29) is 35.9 Å². The van der Waals surface area contributed by atoms with Gasteiger partial charge in [-0.05, 0) is 81.3 Å². The fraction of sp³-hybridized carbons (Fsp3) is 0.441. The van der Waals surface area contributed by atoms with Crippen LogP contribution in [0.3, 0.4) is 0 Å². The summed E-state index contributed by atoms with van der Waals surface area (Å²) >= 11 is 12.3. The van der Waals surface area contributed by atoms with Crippen LogP contribution in [0.2, 0.25) is 10.0 Å². The van der Waals surface area contributed by atoms with E-state index in [0.29, 0.717) is 33.8 Å². The van der Waals surface area contributed by atoms with Crippen LogP contribution < -0.4 is 20.3 Å². The number of pyridine rings is 1. The number of rotatable bonds is 10. The third-order valence-corrected chi connectivity index (χ3v) is 9.19. The number of nitrogens with one attached hydrogen (secondary N) is 2. The molecular weight excluding hydrogens is 583 g/mol. The number of halogens is 2. The summed E-state index contributed by atoms with van der Waals surface area (Å²) in [5.41, 5.74) is 0.669. The molecule has 43 heavy (non-hydrogen) atoms. The van der Waals surface area contributed by atoms with Gasteiger partial charge in [-0.2, -0.15) is 0 Å². The molecule has 2 aromatic carbocycles. The first-order valence-corrected chi connectivity index (χ1v) is 15.8. The van der Waals surface area contributed by atoms with Gasteiger partial charge in [-0.25, -0.2) is 4.98 Å². The van der Waals surface area contributed by atoms with Crippen LogP contribution in [0, 0.1) is 5.92 Å². The number of amides is 2. The Morgan fingerprint density at radius 1 is 1.02 bits per heavy atom. The molecule has 5 rings (SSSR count). The van der Waals surface area contributed by atoms with Crippen molar-refractivity contribution in [3.63, 3.8) is 0 Å². The largest absolute Gasteiger partial charge is 0.476 e. The Labute approximate surface area is 264 Å². The highest BCUT2D eigenvalue weighted by Gasteiger charge is 2.43. The Kier molecular flexibility index (Phi) is 9.52. The number of piperidine rings is 1. The van der Waals surface area contributed by atoms with Crippen molar-refractivity contribution in [3.05, 3.63) is 88.0 Å². The fourth-order valence-electron chi connectivity index (χ4n) is 6.32. The number of aromatic nitrogens is 1. The second-order valence-corrected chi connectivity index (χ2v) is 13.3. The van der Waals surface area contributed by atoms with Crippen molar-refractivity contribution < 1.29 is 14.3 Å². The van der Waals surface area contributed by atoms with E-state index in [0.717, 1.165) is 31.5 Å². The number of fused-ring (bicyclic) bond motifs is 2. The summed E-state index contributed by atoms with van der Waals surface area (Å²) in [5, 5.41) is 7.20. The first kappa shape index (κ1) is 31.1. The summed E-state index contributed by atoms with van der Waals surface area (Å²) in [6.45, 7) is 8.40. The predicted octanol–water partition coefficient (Wildman–Crippen LogP) is 7.03. The number of hydrogen-bond donors (Lipinski definition) is 2. The number of benzene rings is 2. The topological polar surface area (TPSA) is 83.6 Å². The molecule has 2 amide bonds. The Morgan fingerprint density at radius 3 is 2.33 bits per heavy atom. The fourth-order valence-corrected chi connectivity index (χ4v) is 6.77. The molecule has 2 bridgehead atoms. The van der Waals surface area contributed by atoms with Gasteiger partial charge in [0.2, 0.25) is 0 Å². The van der Waals surface area contributed by atoms with Crippen LogP contribution in [-0.4, -0.2) is 47.1 Å². The smallest absolute Gasteiger partial charge is 0.263 e. The van der Waals surface area contributed by atoms with Gasteiger partial charge in [-0.15, -0.1) is 0 Å². The van der Waals surface area contributed by atoms with Crippen LogP contribution >= 0.6 is 23.2 Å². The molecule has 2 saturated heterocycles. The highest BCUT2D eigenvalue weighted by atomic mass is 35.5. The normalized spacial score (nSPS) is 20.5. The molecule has 3 atom stereocenters. The summed E-state index contributed by atoms with van der Waals surface area (Å²) in [5.74, 6) is 1.63. The maximum absolute atomic E-state index is 13.2. The predicted molar refractivity (Wildman–Crippen MR) is 172 cm³/mol. The standard InChI is InChI=1S/C34H40Cl2N4O3/c1-21(2)28(22-8-6-5-7-9-22)20-38-32(41)23-10-15-31(37-19-23)40-26-12-13-27(40)18-25(17-26)39-33(42)34(3,4)43-30-14-11-24(35)16-29(30)36/h5-11,14-16,19,21,25-28H,12-13,17-18,20H2,1-4H3,(H,38,41)(H,39,42)/t25?,26?,27?,28-/m1/s1. The maximum atomic E-state index is 13.2. The average molecular weight is 624 g/mol. The summed E-state index contributed by atoms with van der Waals surface area (Å²) in [6.07, 6.45) is 5.39. The van der Waals surface area contributed by atoms with E-state index in [4.69, 9.17) is 32.9 Å². The lowest BCUT2D eigenvalue weighted by Crippen LogP contribution is -2.55. The molecule has 0 saturated carbocycles. The number of anilines is 1. The molecule has 2 N–H and O–H groups in total. The van der Waals surface area contributed by atoms with E-state index in [1.807, 2.05) is 30.3 Å². The van der Waals surface area contributed by atoms with E-state index in [9.17, 15) is 9.59 Å².